The minimum atomic E-state index is -0.177. The quantitative estimate of drug-likeness (QED) is 0.437. The second-order valence-electron chi connectivity index (χ2n) is 5.55. The first-order valence-corrected chi connectivity index (χ1v) is 7.47. The van der Waals surface area contributed by atoms with Crippen molar-refractivity contribution in [2.45, 2.75) is 43.0 Å². The molecular weight excluding hydrogens is 331 g/mol. The minimum Gasteiger partial charge on any atom is -0.469 e. The Bertz CT molecular complexity index is 342. The summed E-state index contributed by atoms with van der Waals surface area (Å²) in [6.07, 6.45) is 4.33. The van der Waals surface area contributed by atoms with Gasteiger partial charge in [-0.05, 0) is 24.2 Å². The Morgan fingerprint density at radius 1 is 1.59 bits per heavy atom. The first-order valence-electron chi connectivity index (χ1n) is 6.22. The monoisotopic (exact) mass is 350 g/mol. The maximum atomic E-state index is 12.1. The number of hydrogen-bond donors (Lipinski definition) is 0. The SMILES string of the molecule is COC(=O)CC1CCC[C@]2(C)C(I)CC(=O)[C@H]12. The van der Waals surface area contributed by atoms with Crippen LogP contribution in [0.5, 0.6) is 0 Å². The average molecular weight is 350 g/mol. The Morgan fingerprint density at radius 3 is 2.94 bits per heavy atom. The van der Waals surface area contributed by atoms with Gasteiger partial charge >= 0.3 is 5.97 Å². The zero-order valence-electron chi connectivity index (χ0n) is 10.4. The van der Waals surface area contributed by atoms with Gasteiger partial charge in [0, 0.05) is 22.7 Å². The molecule has 0 bridgehead atoms. The molecule has 0 saturated heterocycles. The highest BCUT2D eigenvalue weighted by atomic mass is 127. The van der Waals surface area contributed by atoms with Crippen LogP contribution >= 0.6 is 22.6 Å². The Morgan fingerprint density at radius 2 is 2.29 bits per heavy atom. The molecule has 4 atom stereocenters. The third-order valence-corrected chi connectivity index (χ3v) is 6.43. The fraction of sp³-hybridized carbons (Fsp3) is 0.846. The molecule has 17 heavy (non-hydrogen) atoms. The molecule has 0 radical (unpaired) electrons. The van der Waals surface area contributed by atoms with Crippen LogP contribution in [0.25, 0.3) is 0 Å². The highest BCUT2D eigenvalue weighted by Crippen LogP contribution is 2.56. The van der Waals surface area contributed by atoms with Gasteiger partial charge in [0.15, 0.2) is 0 Å². The molecule has 0 aromatic carbocycles. The maximum absolute atomic E-state index is 12.1. The Balaban J connectivity index is 2.19. The fourth-order valence-electron chi connectivity index (χ4n) is 3.64. The second-order valence-corrected chi connectivity index (χ2v) is 7.06. The van der Waals surface area contributed by atoms with E-state index < -0.39 is 0 Å². The summed E-state index contributed by atoms with van der Waals surface area (Å²) in [6.45, 7) is 2.23. The second kappa shape index (κ2) is 4.86. The maximum Gasteiger partial charge on any atom is 0.305 e. The van der Waals surface area contributed by atoms with Crippen molar-refractivity contribution in [2.75, 3.05) is 7.11 Å². The molecule has 2 unspecified atom stereocenters. The van der Waals surface area contributed by atoms with Gasteiger partial charge in [-0.3, -0.25) is 9.59 Å². The van der Waals surface area contributed by atoms with Crippen LogP contribution in [-0.4, -0.2) is 22.8 Å². The number of ether oxygens (including phenoxy) is 1. The first-order chi connectivity index (χ1) is 7.99. The van der Waals surface area contributed by atoms with E-state index in [4.69, 9.17) is 4.74 Å². The number of halogens is 1. The Labute approximate surface area is 116 Å². The summed E-state index contributed by atoms with van der Waals surface area (Å²) in [5.41, 5.74) is 0.106. The summed E-state index contributed by atoms with van der Waals surface area (Å²) < 4.78 is 5.17. The predicted octanol–water partition coefficient (Wildman–Crippen LogP) is 2.75. The number of carbonyl (C=O) groups is 2. The number of fused-ring (bicyclic) bond motifs is 1. The molecule has 2 aliphatic rings. The average Bonchev–Trinajstić information content (AvgIpc) is 2.50. The Hall–Kier alpha value is -0.130. The van der Waals surface area contributed by atoms with Crippen LogP contribution in [0.3, 0.4) is 0 Å². The smallest absolute Gasteiger partial charge is 0.305 e. The molecule has 2 aliphatic carbocycles. The first kappa shape index (κ1) is 13.3. The van der Waals surface area contributed by atoms with Crippen molar-refractivity contribution in [1.82, 2.24) is 0 Å². The summed E-state index contributed by atoms with van der Waals surface area (Å²) in [4.78, 5) is 23.6. The summed E-state index contributed by atoms with van der Waals surface area (Å²) in [6, 6.07) is 0. The Kier molecular flexibility index (Phi) is 3.80. The van der Waals surface area contributed by atoms with Gasteiger partial charge in [0.1, 0.15) is 5.78 Å². The van der Waals surface area contributed by atoms with Crippen molar-refractivity contribution in [1.29, 1.82) is 0 Å². The lowest BCUT2D eigenvalue weighted by molar-refractivity contribution is -0.143. The number of ketones is 1. The van der Waals surface area contributed by atoms with Gasteiger partial charge < -0.3 is 4.74 Å². The predicted molar refractivity (Wildman–Crippen MR) is 73.0 cm³/mol. The number of rotatable bonds is 2. The van der Waals surface area contributed by atoms with Gasteiger partial charge in [-0.25, -0.2) is 0 Å². The molecule has 0 amide bonds. The summed E-state index contributed by atoms with van der Waals surface area (Å²) >= 11 is 2.41. The van der Waals surface area contributed by atoms with Gasteiger partial charge in [-0.2, -0.15) is 0 Å². The number of methoxy groups -OCH3 is 1. The molecular formula is C13H19IO3. The zero-order chi connectivity index (χ0) is 12.6. The van der Waals surface area contributed by atoms with Crippen molar-refractivity contribution in [2.24, 2.45) is 17.3 Å². The molecule has 2 saturated carbocycles. The van der Waals surface area contributed by atoms with Gasteiger partial charge in [0.05, 0.1) is 7.11 Å². The van der Waals surface area contributed by atoms with Crippen LogP contribution in [0.4, 0.5) is 0 Å². The molecule has 3 nitrogen and oxygen atoms in total. The highest BCUT2D eigenvalue weighted by molar-refractivity contribution is 14.1. The third-order valence-electron chi connectivity index (χ3n) is 4.57. The van der Waals surface area contributed by atoms with E-state index in [1.54, 1.807) is 0 Å². The standard InChI is InChI=1S/C13H19IO3/c1-13-5-3-4-8(6-11(16)17-2)12(13)9(15)7-10(13)14/h8,10,12H,3-7H2,1-2H3/t8?,10?,12-,13+/m0/s1. The lowest BCUT2D eigenvalue weighted by Crippen LogP contribution is -2.40. The molecule has 0 aromatic heterocycles. The van der Waals surface area contributed by atoms with Crippen molar-refractivity contribution >= 4 is 34.3 Å². The van der Waals surface area contributed by atoms with E-state index in [0.29, 0.717) is 22.5 Å². The summed E-state index contributed by atoms with van der Waals surface area (Å²) in [5.74, 6) is 0.468. The van der Waals surface area contributed by atoms with Crippen LogP contribution in [0.2, 0.25) is 0 Å². The van der Waals surface area contributed by atoms with E-state index in [1.807, 2.05) is 0 Å². The molecule has 0 N–H and O–H groups in total. The molecule has 0 heterocycles. The number of carbonyl (C=O) groups excluding carboxylic acids is 2. The molecule has 0 aliphatic heterocycles. The lowest BCUT2D eigenvalue weighted by atomic mass is 9.63. The zero-order valence-corrected chi connectivity index (χ0v) is 12.5. The number of esters is 1. The molecule has 2 rings (SSSR count). The normalized spacial score (nSPS) is 41.1. The van der Waals surface area contributed by atoms with Crippen molar-refractivity contribution in [3.8, 4) is 0 Å². The number of Topliss-reactive ketones (excluding diaryl/α,β-unsaturated/α-hetero) is 1. The van der Waals surface area contributed by atoms with E-state index in [9.17, 15) is 9.59 Å². The number of hydrogen-bond acceptors (Lipinski definition) is 3. The molecule has 0 spiro atoms. The van der Waals surface area contributed by atoms with Crippen molar-refractivity contribution < 1.29 is 14.3 Å². The molecule has 96 valence electrons. The third kappa shape index (κ3) is 2.25. The number of alkyl halides is 1. The lowest BCUT2D eigenvalue weighted by Gasteiger charge is -2.42. The molecule has 4 heteroatoms. The van der Waals surface area contributed by atoms with E-state index >= 15 is 0 Å². The molecule has 2 fully saturated rings. The van der Waals surface area contributed by atoms with Crippen molar-refractivity contribution in [3.05, 3.63) is 0 Å². The fourth-order valence-corrected chi connectivity index (χ4v) is 4.77. The van der Waals surface area contributed by atoms with Crippen LogP contribution in [0.1, 0.15) is 39.0 Å². The van der Waals surface area contributed by atoms with Crippen LogP contribution in [-0.2, 0) is 14.3 Å². The highest BCUT2D eigenvalue weighted by Gasteiger charge is 2.55. The summed E-state index contributed by atoms with van der Waals surface area (Å²) in [7, 11) is 1.42. The van der Waals surface area contributed by atoms with E-state index in [1.165, 1.54) is 7.11 Å². The molecule has 0 aromatic rings. The van der Waals surface area contributed by atoms with E-state index in [0.717, 1.165) is 19.3 Å². The summed E-state index contributed by atoms with van der Waals surface area (Å²) in [5, 5.41) is 0. The van der Waals surface area contributed by atoms with Crippen LogP contribution < -0.4 is 0 Å². The topological polar surface area (TPSA) is 43.4 Å². The van der Waals surface area contributed by atoms with Gasteiger partial charge in [0.25, 0.3) is 0 Å². The van der Waals surface area contributed by atoms with Gasteiger partial charge in [0.2, 0.25) is 0 Å². The van der Waals surface area contributed by atoms with E-state index in [2.05, 4.69) is 29.5 Å². The van der Waals surface area contributed by atoms with Gasteiger partial charge in [-0.1, -0.05) is 35.9 Å². The van der Waals surface area contributed by atoms with E-state index in [-0.39, 0.29) is 23.2 Å². The largest absolute Gasteiger partial charge is 0.469 e. The van der Waals surface area contributed by atoms with Crippen LogP contribution in [0.15, 0.2) is 0 Å². The van der Waals surface area contributed by atoms with Crippen molar-refractivity contribution in [3.63, 3.8) is 0 Å². The minimum absolute atomic E-state index is 0.0808. The van der Waals surface area contributed by atoms with Gasteiger partial charge in [-0.15, -0.1) is 0 Å². The van der Waals surface area contributed by atoms with Crippen LogP contribution in [0, 0.1) is 17.3 Å².